The summed E-state index contributed by atoms with van der Waals surface area (Å²) in [5.41, 5.74) is 3.07. The minimum Gasteiger partial charge on any atom is -0.379 e. The van der Waals surface area contributed by atoms with Gasteiger partial charge in [0.05, 0.1) is 30.6 Å². The second kappa shape index (κ2) is 7.92. The highest BCUT2D eigenvalue weighted by Crippen LogP contribution is 2.24. The summed E-state index contributed by atoms with van der Waals surface area (Å²) in [4.78, 5) is 11.4. The van der Waals surface area contributed by atoms with Crippen molar-refractivity contribution < 1.29 is 4.74 Å². The fraction of sp³-hybridized carbons (Fsp3) is 0.444. The van der Waals surface area contributed by atoms with Crippen molar-refractivity contribution in [2.75, 3.05) is 38.2 Å². The van der Waals surface area contributed by atoms with Crippen LogP contribution in [0.1, 0.15) is 23.0 Å². The van der Waals surface area contributed by atoms with E-state index in [9.17, 15) is 0 Å². The van der Waals surface area contributed by atoms with Crippen molar-refractivity contribution in [1.29, 1.82) is 0 Å². The molecule has 1 aromatic heterocycles. The van der Waals surface area contributed by atoms with Crippen molar-refractivity contribution >= 4 is 17.4 Å². The number of ether oxygens (including phenoxy) is 1. The molecule has 0 spiro atoms. The molecular weight excluding hydrogens is 324 g/mol. The molecule has 2 heterocycles. The Hall–Kier alpha value is -1.69. The van der Waals surface area contributed by atoms with Gasteiger partial charge in [0.15, 0.2) is 0 Å². The minimum atomic E-state index is 0.243. The molecule has 3 rings (SSSR count). The lowest BCUT2D eigenvalue weighted by atomic mass is 10.0. The molecule has 1 unspecified atom stereocenters. The van der Waals surface area contributed by atoms with Crippen LogP contribution in [0, 0.1) is 13.8 Å². The zero-order chi connectivity index (χ0) is 16.9. The molecule has 1 aliphatic heterocycles. The monoisotopic (exact) mass is 346 g/mol. The van der Waals surface area contributed by atoms with Crippen molar-refractivity contribution in [3.05, 3.63) is 52.4 Å². The van der Waals surface area contributed by atoms with E-state index in [4.69, 9.17) is 16.3 Å². The number of nitrogens with one attached hydrogen (secondary N) is 1. The molecule has 1 aromatic carbocycles. The summed E-state index contributed by atoms with van der Waals surface area (Å²) in [5, 5.41) is 4.23. The number of aryl methyl sites for hydroxylation is 2. The molecule has 6 heteroatoms. The van der Waals surface area contributed by atoms with Crippen molar-refractivity contribution in [2.24, 2.45) is 0 Å². The van der Waals surface area contributed by atoms with Gasteiger partial charge in [0.25, 0.3) is 0 Å². The summed E-state index contributed by atoms with van der Waals surface area (Å²) in [6.07, 6.45) is 1.79. The normalized spacial score (nSPS) is 16.8. The Bertz CT molecular complexity index is 671. The molecule has 128 valence electrons. The van der Waals surface area contributed by atoms with Gasteiger partial charge in [0, 0.05) is 30.9 Å². The largest absolute Gasteiger partial charge is 0.379 e. The number of aromatic nitrogens is 2. The highest BCUT2D eigenvalue weighted by molar-refractivity contribution is 6.30. The lowest BCUT2D eigenvalue weighted by Gasteiger charge is -2.35. The van der Waals surface area contributed by atoms with E-state index in [2.05, 4.69) is 32.3 Å². The van der Waals surface area contributed by atoms with Gasteiger partial charge in [-0.1, -0.05) is 23.7 Å². The van der Waals surface area contributed by atoms with Crippen molar-refractivity contribution in [3.8, 4) is 0 Å². The van der Waals surface area contributed by atoms with Crippen LogP contribution in [0.15, 0.2) is 30.5 Å². The van der Waals surface area contributed by atoms with Crippen molar-refractivity contribution in [2.45, 2.75) is 19.9 Å². The average Bonchev–Trinajstić information content (AvgIpc) is 2.60. The first-order valence-electron chi connectivity index (χ1n) is 8.25. The molecule has 24 heavy (non-hydrogen) atoms. The zero-order valence-electron chi connectivity index (χ0n) is 14.1. The maximum Gasteiger partial charge on any atom is 0.147 e. The van der Waals surface area contributed by atoms with E-state index < -0.39 is 0 Å². The first-order valence-corrected chi connectivity index (χ1v) is 8.62. The number of anilines is 1. The van der Waals surface area contributed by atoms with Crippen molar-refractivity contribution in [3.63, 3.8) is 0 Å². The van der Waals surface area contributed by atoms with E-state index in [1.807, 2.05) is 26.0 Å². The number of benzene rings is 1. The van der Waals surface area contributed by atoms with Crippen LogP contribution in [-0.4, -0.2) is 47.7 Å². The number of hydrogen-bond donors (Lipinski definition) is 1. The van der Waals surface area contributed by atoms with Crippen LogP contribution < -0.4 is 5.32 Å². The van der Waals surface area contributed by atoms with E-state index in [0.717, 1.165) is 55.1 Å². The fourth-order valence-corrected chi connectivity index (χ4v) is 3.06. The van der Waals surface area contributed by atoms with Gasteiger partial charge in [-0.05, 0) is 31.5 Å². The Morgan fingerprint density at radius 1 is 1.21 bits per heavy atom. The standard InChI is InChI=1S/C18H23ClN4O/c1-13-11-20-14(2)18(22-13)21-12-17(23-7-9-24-10-8-23)15-3-5-16(19)6-4-15/h3-6,11,17H,7-10,12H2,1-2H3,(H,21,22). The highest BCUT2D eigenvalue weighted by atomic mass is 35.5. The Morgan fingerprint density at radius 2 is 1.92 bits per heavy atom. The van der Waals surface area contributed by atoms with Gasteiger partial charge in [-0.2, -0.15) is 0 Å². The molecule has 0 aliphatic carbocycles. The molecule has 1 fully saturated rings. The molecule has 2 aromatic rings. The second-order valence-electron chi connectivity index (χ2n) is 6.04. The predicted molar refractivity (Wildman–Crippen MR) is 96.6 cm³/mol. The third-order valence-electron chi connectivity index (χ3n) is 4.28. The SMILES string of the molecule is Cc1cnc(C)c(NCC(c2ccc(Cl)cc2)N2CCOCC2)n1. The van der Waals surface area contributed by atoms with E-state index in [-0.39, 0.29) is 6.04 Å². The van der Waals surface area contributed by atoms with Crippen molar-refractivity contribution in [1.82, 2.24) is 14.9 Å². The average molecular weight is 347 g/mol. The maximum absolute atomic E-state index is 6.05. The van der Waals surface area contributed by atoms with Crippen LogP contribution in [-0.2, 0) is 4.74 Å². The summed E-state index contributed by atoms with van der Waals surface area (Å²) in [5.74, 6) is 0.849. The molecule has 1 saturated heterocycles. The molecule has 1 aliphatic rings. The minimum absolute atomic E-state index is 0.243. The zero-order valence-corrected chi connectivity index (χ0v) is 14.9. The highest BCUT2D eigenvalue weighted by Gasteiger charge is 2.23. The molecular formula is C18H23ClN4O. The number of halogens is 1. The van der Waals surface area contributed by atoms with Gasteiger partial charge in [-0.15, -0.1) is 0 Å². The lowest BCUT2D eigenvalue weighted by Crippen LogP contribution is -2.41. The van der Waals surface area contributed by atoms with Gasteiger partial charge in [-0.3, -0.25) is 9.88 Å². The number of rotatable bonds is 5. The van der Waals surface area contributed by atoms with Crippen LogP contribution in [0.5, 0.6) is 0 Å². The molecule has 5 nitrogen and oxygen atoms in total. The van der Waals surface area contributed by atoms with Crippen LogP contribution >= 0.6 is 11.6 Å². The molecule has 0 radical (unpaired) electrons. The first-order chi connectivity index (χ1) is 11.6. The van der Waals surface area contributed by atoms with Crippen LogP contribution in [0.4, 0.5) is 5.82 Å². The Morgan fingerprint density at radius 3 is 2.62 bits per heavy atom. The summed E-state index contributed by atoms with van der Waals surface area (Å²) in [6.45, 7) is 8.08. The molecule has 0 saturated carbocycles. The topological polar surface area (TPSA) is 50.3 Å². The van der Waals surface area contributed by atoms with E-state index in [1.165, 1.54) is 5.56 Å². The van der Waals surface area contributed by atoms with Gasteiger partial charge in [-0.25, -0.2) is 4.98 Å². The number of nitrogens with zero attached hydrogens (tertiary/aromatic N) is 3. The van der Waals surface area contributed by atoms with Crippen LogP contribution in [0.3, 0.4) is 0 Å². The van der Waals surface area contributed by atoms with Gasteiger partial charge >= 0.3 is 0 Å². The maximum atomic E-state index is 6.05. The second-order valence-corrected chi connectivity index (χ2v) is 6.48. The summed E-state index contributed by atoms with van der Waals surface area (Å²) in [6, 6.07) is 8.33. The van der Waals surface area contributed by atoms with E-state index in [0.29, 0.717) is 0 Å². The summed E-state index contributed by atoms with van der Waals surface area (Å²) >= 11 is 6.05. The van der Waals surface area contributed by atoms with Gasteiger partial charge in [0.1, 0.15) is 5.82 Å². The third kappa shape index (κ3) is 4.23. The fourth-order valence-electron chi connectivity index (χ4n) is 2.93. The molecule has 0 amide bonds. The van der Waals surface area contributed by atoms with Gasteiger partial charge in [0.2, 0.25) is 0 Å². The summed E-state index contributed by atoms with van der Waals surface area (Å²) in [7, 11) is 0. The third-order valence-corrected chi connectivity index (χ3v) is 4.53. The first kappa shape index (κ1) is 17.1. The van der Waals surface area contributed by atoms with E-state index in [1.54, 1.807) is 6.20 Å². The molecule has 1 atom stereocenters. The van der Waals surface area contributed by atoms with Gasteiger partial charge < -0.3 is 10.1 Å². The summed E-state index contributed by atoms with van der Waals surface area (Å²) < 4.78 is 5.50. The Balaban J connectivity index is 1.78. The molecule has 1 N–H and O–H groups in total. The Kier molecular flexibility index (Phi) is 5.66. The number of morpholine rings is 1. The predicted octanol–water partition coefficient (Wildman–Crippen LogP) is 3.23. The molecule has 0 bridgehead atoms. The Labute approximate surface area is 148 Å². The smallest absolute Gasteiger partial charge is 0.147 e. The number of hydrogen-bond acceptors (Lipinski definition) is 5. The lowest BCUT2D eigenvalue weighted by molar-refractivity contribution is 0.0187. The van der Waals surface area contributed by atoms with E-state index >= 15 is 0 Å². The quantitative estimate of drug-likeness (QED) is 0.900. The van der Waals surface area contributed by atoms with Crippen LogP contribution in [0.25, 0.3) is 0 Å². The van der Waals surface area contributed by atoms with Crippen LogP contribution in [0.2, 0.25) is 5.02 Å².